The maximum Gasteiger partial charge on any atom is 0.449 e. The smallest absolute Gasteiger partial charge is 0.449 e. The highest BCUT2D eigenvalue weighted by atomic mass is 19.4. The monoisotopic (exact) mass is 852 g/mol. The second kappa shape index (κ2) is 22.8. The molecule has 2 aromatic carbocycles. The van der Waals surface area contributed by atoms with E-state index >= 15 is 0 Å². The number of cyclic esters (lactones) is 8. The van der Waals surface area contributed by atoms with Gasteiger partial charge in [0.15, 0.2) is 0 Å². The lowest BCUT2D eigenvalue weighted by Gasteiger charge is -2.06. The Morgan fingerprint density at radius 3 is 1.57 bits per heavy atom. The number of alkyl halides is 3. The van der Waals surface area contributed by atoms with Crippen molar-refractivity contribution in [2.24, 2.45) is 0 Å². The Morgan fingerprint density at radius 1 is 0.617 bits per heavy atom. The third kappa shape index (κ3) is 16.8. The van der Waals surface area contributed by atoms with E-state index in [1.807, 2.05) is 30.3 Å². The minimum absolute atomic E-state index is 0.0485. The van der Waals surface area contributed by atoms with E-state index < -0.39 is 96.8 Å². The topological polar surface area (TPSA) is 285 Å². The Balaban J connectivity index is 0.000000221. The van der Waals surface area contributed by atoms with Crippen LogP contribution in [-0.2, 0) is 65.5 Å². The number of ether oxygens (including phenoxy) is 5. The number of ketones is 1. The van der Waals surface area contributed by atoms with Crippen LogP contribution in [-0.4, -0.2) is 95.5 Å². The van der Waals surface area contributed by atoms with Crippen LogP contribution in [0.2, 0.25) is 0 Å². The maximum atomic E-state index is 11.8. The summed E-state index contributed by atoms with van der Waals surface area (Å²) in [5.41, 5.74) is 1.74. The molecule has 20 nitrogen and oxygen atoms in total. The number of Topliss-reactive ketones (excluding diaryl/α,β-unsaturated/α-hetero) is 1. The number of phenolic OH excluding ortho intramolecular Hbond substituents is 1. The fourth-order valence-corrected chi connectivity index (χ4v) is 5.03. The average Bonchev–Trinajstić information content (AvgIpc) is 3.89. The summed E-state index contributed by atoms with van der Waals surface area (Å²) < 4.78 is 57.5. The van der Waals surface area contributed by atoms with Gasteiger partial charge in [-0.1, -0.05) is 55.3 Å². The Labute approximate surface area is 337 Å². The van der Waals surface area contributed by atoms with Crippen molar-refractivity contribution in [1.82, 2.24) is 21.3 Å². The summed E-state index contributed by atoms with van der Waals surface area (Å²) in [7, 11) is 0. The van der Waals surface area contributed by atoms with Gasteiger partial charge in [-0.25, -0.2) is 38.4 Å². The number of nitrogens with one attached hydrogen (secondary N) is 4. The van der Waals surface area contributed by atoms with Crippen molar-refractivity contribution in [2.45, 2.75) is 95.2 Å². The zero-order chi connectivity index (χ0) is 44.4. The number of carbonyl (C=O) groups excluding carboxylic acids is 10. The summed E-state index contributed by atoms with van der Waals surface area (Å²) in [5, 5.41) is 18.3. The van der Waals surface area contributed by atoms with Crippen molar-refractivity contribution in [3.05, 3.63) is 65.7 Å². The Bertz CT molecular complexity index is 1910. The standard InChI is InChI=1S/C13H13NO5.C10H12F3NO4.C10H9NO4.C4H5NO3/c15-11(18-8-9-4-2-1-3-5-9)7-6-10-12(16)19-13(17)14-10;11-10(12,13)7(15)5-3-1-2-4-6-8(16)18-9(17)14-6;12-7-3-1-6(2-4-7)5-8-9(13)15-10(14)11-8;1-2-3(6)8-4(7)5-2/h1-5,10H,6-8H2,(H,14,17);6H,1-5H2,(H,14,17);1-4,8,12H,5H2,(H,11,14);2H,1H3,(H,5,7). The summed E-state index contributed by atoms with van der Waals surface area (Å²) in [6, 6.07) is 13.1. The van der Waals surface area contributed by atoms with Crippen molar-refractivity contribution in [2.75, 3.05) is 0 Å². The first kappa shape index (κ1) is 47.3. The minimum Gasteiger partial charge on any atom is -0.508 e. The van der Waals surface area contributed by atoms with Crippen molar-refractivity contribution in [3.8, 4) is 5.75 Å². The highest BCUT2D eigenvalue weighted by Gasteiger charge is 2.37. The molecule has 4 heterocycles. The molecular weight excluding hydrogens is 813 g/mol. The number of hydrogen-bond acceptors (Lipinski definition) is 16. The number of carbonyl (C=O) groups is 10. The van der Waals surface area contributed by atoms with E-state index in [9.17, 15) is 61.1 Å². The third-order valence-electron chi connectivity index (χ3n) is 8.16. The average molecular weight is 853 g/mol. The highest BCUT2D eigenvalue weighted by Crippen LogP contribution is 2.20. The third-order valence-corrected chi connectivity index (χ3v) is 8.16. The largest absolute Gasteiger partial charge is 0.508 e. The molecule has 0 aromatic heterocycles. The van der Waals surface area contributed by atoms with Crippen LogP contribution < -0.4 is 21.3 Å². The molecule has 0 radical (unpaired) electrons. The van der Waals surface area contributed by atoms with Gasteiger partial charge >= 0.3 is 60.4 Å². The molecule has 23 heteroatoms. The van der Waals surface area contributed by atoms with Crippen LogP contribution in [0.25, 0.3) is 0 Å². The molecule has 0 spiro atoms. The lowest BCUT2D eigenvalue weighted by Crippen LogP contribution is -2.30. The molecule has 4 saturated heterocycles. The van der Waals surface area contributed by atoms with Gasteiger partial charge in [-0.15, -0.1) is 0 Å². The fraction of sp³-hybridized carbons (Fsp3) is 0.405. The van der Waals surface area contributed by atoms with E-state index in [0.717, 1.165) is 11.1 Å². The number of rotatable bonds is 13. The molecule has 0 bridgehead atoms. The van der Waals surface area contributed by atoms with E-state index in [0.29, 0.717) is 25.7 Å². The van der Waals surface area contributed by atoms with E-state index in [1.165, 1.54) is 12.1 Å². The predicted molar refractivity (Wildman–Crippen MR) is 191 cm³/mol. The van der Waals surface area contributed by atoms with E-state index in [1.54, 1.807) is 19.1 Å². The Kier molecular flexibility index (Phi) is 17.9. The zero-order valence-corrected chi connectivity index (χ0v) is 31.6. The molecule has 60 heavy (non-hydrogen) atoms. The number of esters is 5. The van der Waals surface area contributed by atoms with Crippen LogP contribution in [0.1, 0.15) is 63.0 Å². The van der Waals surface area contributed by atoms with Gasteiger partial charge in [-0.2, -0.15) is 13.2 Å². The molecule has 4 fully saturated rings. The van der Waals surface area contributed by atoms with Gasteiger partial charge in [0.1, 0.15) is 36.5 Å². The van der Waals surface area contributed by atoms with Crippen LogP contribution in [0.5, 0.6) is 5.75 Å². The molecule has 4 amide bonds. The number of phenols is 1. The lowest BCUT2D eigenvalue weighted by molar-refractivity contribution is -0.171. The molecule has 4 aliphatic rings. The summed E-state index contributed by atoms with van der Waals surface area (Å²) >= 11 is 0. The number of unbranched alkanes of at least 4 members (excludes halogenated alkanes) is 2. The van der Waals surface area contributed by atoms with Crippen LogP contribution in [0.3, 0.4) is 0 Å². The molecular formula is C37H39F3N4O16. The number of aromatic hydroxyl groups is 1. The molecule has 0 saturated carbocycles. The number of hydrogen-bond donors (Lipinski definition) is 5. The Morgan fingerprint density at radius 2 is 1.12 bits per heavy atom. The molecule has 4 unspecified atom stereocenters. The summed E-state index contributed by atoms with van der Waals surface area (Å²) in [5.74, 6) is -4.39. The van der Waals surface area contributed by atoms with Crippen molar-refractivity contribution in [1.29, 1.82) is 0 Å². The van der Waals surface area contributed by atoms with Crippen LogP contribution >= 0.6 is 0 Å². The quantitative estimate of drug-likeness (QED) is 0.0838. The Hall–Kier alpha value is -7.07. The van der Waals surface area contributed by atoms with E-state index in [4.69, 9.17) is 9.84 Å². The molecule has 4 atom stereocenters. The van der Waals surface area contributed by atoms with Gasteiger partial charge in [0.25, 0.3) is 0 Å². The van der Waals surface area contributed by atoms with Gasteiger partial charge in [-0.05, 0) is 49.4 Å². The highest BCUT2D eigenvalue weighted by molar-refractivity contribution is 5.97. The predicted octanol–water partition coefficient (Wildman–Crippen LogP) is 3.06. The summed E-state index contributed by atoms with van der Waals surface area (Å²) in [4.78, 5) is 108. The summed E-state index contributed by atoms with van der Waals surface area (Å²) in [6.07, 6.45) is -6.45. The van der Waals surface area contributed by atoms with E-state index in [-0.39, 0.29) is 31.6 Å². The number of amides is 4. The fourth-order valence-electron chi connectivity index (χ4n) is 5.03. The second-order valence-electron chi connectivity index (χ2n) is 12.9. The van der Waals surface area contributed by atoms with Gasteiger partial charge in [0.05, 0.1) is 0 Å². The molecule has 2 aromatic rings. The number of halogens is 3. The number of benzene rings is 2. The molecule has 0 aliphatic carbocycles. The molecule has 324 valence electrons. The lowest BCUT2D eigenvalue weighted by atomic mass is 10.1. The molecule has 6 rings (SSSR count). The minimum atomic E-state index is -4.77. The normalized spacial score (nSPS) is 20.1. The van der Waals surface area contributed by atoms with E-state index in [2.05, 4.69) is 40.2 Å². The van der Waals surface area contributed by atoms with Crippen LogP contribution in [0, 0.1) is 0 Å². The number of alkyl carbamates (subject to hydrolysis) is 4. The van der Waals surface area contributed by atoms with Gasteiger partial charge in [0, 0.05) is 19.3 Å². The van der Waals surface area contributed by atoms with Crippen molar-refractivity contribution >= 4 is 60.0 Å². The first-order valence-corrected chi connectivity index (χ1v) is 18.0. The van der Waals surface area contributed by atoms with Crippen molar-refractivity contribution in [3.63, 3.8) is 0 Å². The SMILES string of the molecule is CC1NC(=O)OC1=O.O=C(CCC1NC(=O)OC1=O)OCc1ccccc1.O=C1NC(CCCCCC(=O)C(F)(F)F)C(=O)O1.O=C1NC(Cc2ccc(O)cc2)C(=O)O1. The zero-order valence-electron chi connectivity index (χ0n) is 31.6. The van der Waals surface area contributed by atoms with Gasteiger partial charge in [0.2, 0.25) is 5.78 Å². The van der Waals surface area contributed by atoms with Gasteiger partial charge in [-0.3, -0.25) is 9.59 Å². The summed E-state index contributed by atoms with van der Waals surface area (Å²) in [6.45, 7) is 1.76. The maximum absolute atomic E-state index is 11.8. The van der Waals surface area contributed by atoms with Gasteiger partial charge < -0.3 is 50.1 Å². The second-order valence-corrected chi connectivity index (χ2v) is 12.9. The molecule has 4 aliphatic heterocycles. The van der Waals surface area contributed by atoms with Crippen LogP contribution in [0.15, 0.2) is 54.6 Å². The first-order chi connectivity index (χ1) is 28.3. The molecule has 5 N–H and O–H groups in total. The first-order valence-electron chi connectivity index (χ1n) is 18.0. The van der Waals surface area contributed by atoms with Crippen LogP contribution in [0.4, 0.5) is 32.3 Å². The van der Waals surface area contributed by atoms with Crippen molar-refractivity contribution < 1.29 is 89.9 Å².